The summed E-state index contributed by atoms with van der Waals surface area (Å²) >= 11 is 0. The van der Waals surface area contributed by atoms with Gasteiger partial charge in [0.2, 0.25) is 10.0 Å². The molecule has 0 atom stereocenters. The van der Waals surface area contributed by atoms with E-state index in [9.17, 15) is 17.6 Å². The third-order valence-electron chi connectivity index (χ3n) is 4.75. The standard InChI is InChI=1S/C20H21FN2O3S/c1-12-4-5-15-11-16(20(24)23-19(15)14(12)3)8-9-22-27(25,26)17-6-7-18(21)13(2)10-17/h4-7,10-11,22H,8-9H2,1-3H3,(H,23,24). The molecule has 0 aliphatic heterocycles. The van der Waals surface area contributed by atoms with Crippen LogP contribution < -0.4 is 10.3 Å². The molecule has 5 nitrogen and oxygen atoms in total. The van der Waals surface area contributed by atoms with Crippen molar-refractivity contribution in [3.05, 3.63) is 74.8 Å². The van der Waals surface area contributed by atoms with Crippen molar-refractivity contribution >= 4 is 20.9 Å². The number of benzene rings is 2. The molecule has 0 aliphatic rings. The highest BCUT2D eigenvalue weighted by atomic mass is 32.2. The van der Waals surface area contributed by atoms with E-state index in [1.807, 2.05) is 26.0 Å². The van der Waals surface area contributed by atoms with Crippen LogP contribution in [0.2, 0.25) is 0 Å². The molecule has 0 spiro atoms. The number of hydrogen-bond donors (Lipinski definition) is 2. The lowest BCUT2D eigenvalue weighted by Crippen LogP contribution is -2.27. The second-order valence-electron chi connectivity index (χ2n) is 6.65. The lowest BCUT2D eigenvalue weighted by molar-refractivity contribution is 0.580. The zero-order valence-electron chi connectivity index (χ0n) is 15.4. The van der Waals surface area contributed by atoms with Crippen molar-refractivity contribution in [2.75, 3.05) is 6.54 Å². The van der Waals surface area contributed by atoms with E-state index in [-0.39, 0.29) is 29.0 Å². The molecule has 0 unspecified atom stereocenters. The molecule has 0 saturated carbocycles. The van der Waals surface area contributed by atoms with Crippen LogP contribution in [0.25, 0.3) is 10.9 Å². The molecular weight excluding hydrogens is 367 g/mol. The van der Waals surface area contributed by atoms with Crippen molar-refractivity contribution in [1.82, 2.24) is 9.71 Å². The van der Waals surface area contributed by atoms with Gasteiger partial charge in [0.05, 0.1) is 10.4 Å². The van der Waals surface area contributed by atoms with Gasteiger partial charge in [-0.1, -0.05) is 12.1 Å². The fourth-order valence-electron chi connectivity index (χ4n) is 2.94. The first-order valence-electron chi connectivity index (χ1n) is 8.57. The summed E-state index contributed by atoms with van der Waals surface area (Å²) < 4.78 is 40.5. The highest BCUT2D eigenvalue weighted by Gasteiger charge is 2.15. The van der Waals surface area contributed by atoms with E-state index in [0.717, 1.165) is 28.1 Å². The van der Waals surface area contributed by atoms with Crippen molar-refractivity contribution < 1.29 is 12.8 Å². The van der Waals surface area contributed by atoms with Crippen molar-refractivity contribution in [2.45, 2.75) is 32.1 Å². The minimum absolute atomic E-state index is 0.0000732. The first kappa shape index (κ1) is 19.3. The van der Waals surface area contributed by atoms with Gasteiger partial charge in [-0.05, 0) is 73.5 Å². The first-order valence-corrected chi connectivity index (χ1v) is 10.1. The molecular formula is C20H21FN2O3S. The van der Waals surface area contributed by atoms with Gasteiger partial charge in [0.1, 0.15) is 5.82 Å². The van der Waals surface area contributed by atoms with Crippen LogP contribution in [0.4, 0.5) is 4.39 Å². The average molecular weight is 388 g/mol. The summed E-state index contributed by atoms with van der Waals surface area (Å²) in [4.78, 5) is 15.2. The van der Waals surface area contributed by atoms with Gasteiger partial charge in [0.15, 0.2) is 0 Å². The average Bonchev–Trinajstić information content (AvgIpc) is 2.61. The monoisotopic (exact) mass is 388 g/mol. The fourth-order valence-corrected chi connectivity index (χ4v) is 4.06. The van der Waals surface area contributed by atoms with Crippen molar-refractivity contribution in [3.63, 3.8) is 0 Å². The SMILES string of the molecule is Cc1cc(S(=O)(=O)NCCc2cc3ccc(C)c(C)c3[nH]c2=O)ccc1F. The van der Waals surface area contributed by atoms with Gasteiger partial charge in [-0.25, -0.2) is 17.5 Å². The highest BCUT2D eigenvalue weighted by Crippen LogP contribution is 2.19. The summed E-state index contributed by atoms with van der Waals surface area (Å²) in [6.07, 6.45) is 0.248. The van der Waals surface area contributed by atoms with E-state index < -0.39 is 15.8 Å². The Kier molecular flexibility index (Phi) is 5.17. The van der Waals surface area contributed by atoms with Gasteiger partial charge >= 0.3 is 0 Å². The lowest BCUT2D eigenvalue weighted by Gasteiger charge is -2.09. The Morgan fingerprint density at radius 3 is 2.48 bits per heavy atom. The van der Waals surface area contributed by atoms with Crippen LogP contribution in [-0.4, -0.2) is 19.9 Å². The Bertz CT molecular complexity index is 1180. The van der Waals surface area contributed by atoms with Crippen molar-refractivity contribution in [1.29, 1.82) is 0 Å². The number of aromatic nitrogens is 1. The molecule has 2 N–H and O–H groups in total. The maximum atomic E-state index is 13.3. The molecule has 0 radical (unpaired) electrons. The normalized spacial score (nSPS) is 11.9. The minimum atomic E-state index is -3.77. The van der Waals surface area contributed by atoms with E-state index in [4.69, 9.17) is 0 Å². The first-order chi connectivity index (χ1) is 12.7. The summed E-state index contributed by atoms with van der Waals surface area (Å²) in [6, 6.07) is 9.34. The van der Waals surface area contributed by atoms with E-state index in [0.29, 0.717) is 5.56 Å². The molecule has 142 valence electrons. The summed E-state index contributed by atoms with van der Waals surface area (Å²) in [7, 11) is -3.77. The van der Waals surface area contributed by atoms with Gasteiger partial charge in [-0.3, -0.25) is 4.79 Å². The number of hydrogen-bond acceptors (Lipinski definition) is 3. The molecule has 3 aromatic rings. The van der Waals surface area contributed by atoms with E-state index in [1.54, 1.807) is 6.07 Å². The number of halogens is 1. The molecule has 1 aromatic heterocycles. The quantitative estimate of drug-likeness (QED) is 0.705. The van der Waals surface area contributed by atoms with Gasteiger partial charge < -0.3 is 4.98 Å². The Morgan fingerprint density at radius 1 is 1.04 bits per heavy atom. The van der Waals surface area contributed by atoms with Crippen LogP contribution in [0, 0.1) is 26.6 Å². The van der Waals surface area contributed by atoms with E-state index >= 15 is 0 Å². The zero-order valence-corrected chi connectivity index (χ0v) is 16.2. The maximum absolute atomic E-state index is 13.3. The Balaban J connectivity index is 1.78. The predicted molar refractivity (Wildman–Crippen MR) is 104 cm³/mol. The van der Waals surface area contributed by atoms with Crippen LogP contribution >= 0.6 is 0 Å². The summed E-state index contributed by atoms with van der Waals surface area (Å²) in [5.74, 6) is -0.456. The van der Waals surface area contributed by atoms with Gasteiger partial charge in [-0.2, -0.15) is 0 Å². The Morgan fingerprint density at radius 2 is 1.78 bits per heavy atom. The predicted octanol–water partition coefficient (Wildman–Crippen LogP) is 3.11. The van der Waals surface area contributed by atoms with E-state index in [2.05, 4.69) is 9.71 Å². The molecule has 0 fully saturated rings. The number of pyridine rings is 1. The molecule has 0 aliphatic carbocycles. The number of aryl methyl sites for hydroxylation is 3. The summed E-state index contributed by atoms with van der Waals surface area (Å²) in [5.41, 5.74) is 3.44. The van der Waals surface area contributed by atoms with Gasteiger partial charge in [0.25, 0.3) is 5.56 Å². The highest BCUT2D eigenvalue weighted by molar-refractivity contribution is 7.89. The third kappa shape index (κ3) is 3.94. The molecule has 27 heavy (non-hydrogen) atoms. The molecule has 3 rings (SSSR count). The van der Waals surface area contributed by atoms with Crippen molar-refractivity contribution in [2.24, 2.45) is 0 Å². The fraction of sp³-hybridized carbons (Fsp3) is 0.250. The molecule has 0 saturated heterocycles. The van der Waals surface area contributed by atoms with Crippen molar-refractivity contribution in [3.8, 4) is 0 Å². The summed E-state index contributed by atoms with van der Waals surface area (Å²) in [5, 5.41) is 0.907. The number of H-pyrrole nitrogens is 1. The third-order valence-corrected chi connectivity index (χ3v) is 6.21. The largest absolute Gasteiger partial charge is 0.321 e. The number of fused-ring (bicyclic) bond motifs is 1. The van der Waals surface area contributed by atoms with Crippen LogP contribution in [0.3, 0.4) is 0 Å². The smallest absolute Gasteiger partial charge is 0.251 e. The van der Waals surface area contributed by atoms with E-state index in [1.165, 1.54) is 19.1 Å². The number of nitrogens with one attached hydrogen (secondary N) is 2. The number of sulfonamides is 1. The second kappa shape index (κ2) is 7.25. The topological polar surface area (TPSA) is 79.0 Å². The number of rotatable bonds is 5. The number of aromatic amines is 1. The van der Waals surface area contributed by atoms with Gasteiger partial charge in [-0.15, -0.1) is 0 Å². The minimum Gasteiger partial charge on any atom is -0.321 e. The Labute approximate surface area is 157 Å². The molecule has 0 amide bonds. The van der Waals surface area contributed by atoms with Crippen LogP contribution in [0.15, 0.2) is 46.1 Å². The molecule has 7 heteroatoms. The van der Waals surface area contributed by atoms with Gasteiger partial charge in [0, 0.05) is 12.1 Å². The van der Waals surface area contributed by atoms with Crippen LogP contribution in [0.5, 0.6) is 0 Å². The molecule has 1 heterocycles. The van der Waals surface area contributed by atoms with Crippen LogP contribution in [0.1, 0.15) is 22.3 Å². The maximum Gasteiger partial charge on any atom is 0.251 e. The lowest BCUT2D eigenvalue weighted by atomic mass is 10.0. The molecule has 0 bridgehead atoms. The molecule has 2 aromatic carbocycles. The second-order valence-corrected chi connectivity index (χ2v) is 8.42. The van der Waals surface area contributed by atoms with Crippen LogP contribution in [-0.2, 0) is 16.4 Å². The summed E-state index contributed by atoms with van der Waals surface area (Å²) in [6.45, 7) is 5.50. The Hall–Kier alpha value is -2.51. The zero-order chi connectivity index (χ0) is 19.8.